The van der Waals surface area contributed by atoms with E-state index in [9.17, 15) is 18.3 Å². The number of anilines is 3. The van der Waals surface area contributed by atoms with Crippen LogP contribution in [0, 0.1) is 17.5 Å². The molecule has 0 amide bonds. The summed E-state index contributed by atoms with van der Waals surface area (Å²) in [4.78, 5) is 12.6. The number of imidazole rings is 1. The van der Waals surface area contributed by atoms with Crippen LogP contribution in [-0.2, 0) is 4.74 Å². The maximum Gasteiger partial charge on any atom is 0.224 e. The van der Waals surface area contributed by atoms with Gasteiger partial charge in [-0.1, -0.05) is 0 Å². The maximum absolute atomic E-state index is 14.4. The fourth-order valence-corrected chi connectivity index (χ4v) is 3.50. The minimum absolute atomic E-state index is 0.0803. The van der Waals surface area contributed by atoms with Gasteiger partial charge in [-0.2, -0.15) is 4.98 Å². The molecule has 2 aliphatic rings. The second kappa shape index (κ2) is 8.55. The van der Waals surface area contributed by atoms with Gasteiger partial charge in [-0.05, 0) is 32.0 Å². The number of aromatic nitrogens is 4. The van der Waals surface area contributed by atoms with Gasteiger partial charge in [0.25, 0.3) is 0 Å². The van der Waals surface area contributed by atoms with Gasteiger partial charge in [0.05, 0.1) is 27.7 Å². The molecule has 2 aromatic heterocycles. The summed E-state index contributed by atoms with van der Waals surface area (Å²) in [7, 11) is 0. The predicted molar refractivity (Wildman–Crippen MR) is 111 cm³/mol. The fraction of sp³-hybridized carbons (Fsp3) is 0.476. The Labute approximate surface area is 191 Å². The highest BCUT2D eigenvalue weighted by Gasteiger charge is 2.27. The number of fused-ring (bicyclic) bond motifs is 1. The van der Waals surface area contributed by atoms with Gasteiger partial charge < -0.3 is 20.5 Å². The Morgan fingerprint density at radius 2 is 2.00 bits per heavy atom. The number of benzene rings is 1. The lowest BCUT2D eigenvalue weighted by atomic mass is 9.93. The van der Waals surface area contributed by atoms with E-state index >= 15 is 0 Å². The Morgan fingerprint density at radius 1 is 1.19 bits per heavy atom. The molecule has 3 N–H and O–H groups in total. The summed E-state index contributed by atoms with van der Waals surface area (Å²) in [6, 6.07) is -2.15. The molecule has 2 fully saturated rings. The monoisotopic (exact) mass is 455 g/mol. The van der Waals surface area contributed by atoms with E-state index in [4.69, 9.17) is 14.3 Å². The van der Waals surface area contributed by atoms with E-state index in [1.807, 2.05) is 0 Å². The smallest absolute Gasteiger partial charge is 0.224 e. The van der Waals surface area contributed by atoms with E-state index in [-0.39, 0.29) is 29.7 Å². The summed E-state index contributed by atoms with van der Waals surface area (Å²) in [6.07, 6.45) is -10.7. The summed E-state index contributed by atoms with van der Waals surface area (Å²) >= 11 is 0. The molecule has 0 radical (unpaired) electrons. The summed E-state index contributed by atoms with van der Waals surface area (Å²) in [5, 5.41) is 15.1. The van der Waals surface area contributed by atoms with Gasteiger partial charge >= 0.3 is 0 Å². The minimum Gasteiger partial charge on any atom is -0.393 e. The molecule has 1 aromatic carbocycles. The summed E-state index contributed by atoms with van der Waals surface area (Å²) < 4.78 is 106. The largest absolute Gasteiger partial charge is 0.393 e. The highest BCUT2D eigenvalue weighted by molar-refractivity contribution is 5.76. The first-order valence-corrected chi connectivity index (χ1v) is 9.70. The molecule has 3 aromatic rings. The van der Waals surface area contributed by atoms with E-state index < -0.39 is 66.8 Å². The van der Waals surface area contributed by atoms with Crippen molar-refractivity contribution < 1.29 is 32.6 Å². The minimum atomic E-state index is -3.00. The average molecular weight is 455 g/mol. The second-order valence-corrected chi connectivity index (χ2v) is 7.18. The molecular weight excluding hydrogens is 425 g/mol. The zero-order chi connectivity index (χ0) is 28.5. The highest BCUT2D eigenvalue weighted by Crippen LogP contribution is 2.32. The van der Waals surface area contributed by atoms with Crippen LogP contribution in [0.1, 0.15) is 47.6 Å². The topological polar surface area (TPSA) is 97.1 Å². The summed E-state index contributed by atoms with van der Waals surface area (Å²) in [6.45, 7) is 0.547. The van der Waals surface area contributed by atoms with Crippen LogP contribution in [-0.4, -0.2) is 49.9 Å². The van der Waals surface area contributed by atoms with Crippen molar-refractivity contribution in [2.24, 2.45) is 0 Å². The second-order valence-electron chi connectivity index (χ2n) is 7.18. The molecule has 5 rings (SSSR count). The number of nitrogens with zero attached hydrogens (tertiary/aromatic N) is 4. The molecule has 1 aliphatic carbocycles. The van der Waals surface area contributed by atoms with E-state index in [0.29, 0.717) is 25.2 Å². The molecule has 1 saturated heterocycles. The Bertz CT molecular complexity index is 1400. The fourth-order valence-electron chi connectivity index (χ4n) is 3.50. The van der Waals surface area contributed by atoms with Crippen LogP contribution >= 0.6 is 0 Å². The lowest BCUT2D eigenvalue weighted by Crippen LogP contribution is -2.29. The Kier molecular flexibility index (Phi) is 3.81. The quantitative estimate of drug-likeness (QED) is 0.540. The van der Waals surface area contributed by atoms with Crippen LogP contribution in [0.25, 0.3) is 11.2 Å². The van der Waals surface area contributed by atoms with Crippen molar-refractivity contribution in [1.82, 2.24) is 19.5 Å². The number of ether oxygens (including phenoxy) is 1. The third-order valence-electron chi connectivity index (χ3n) is 4.99. The first-order valence-electron chi connectivity index (χ1n) is 13.4. The van der Waals surface area contributed by atoms with Crippen molar-refractivity contribution in [2.75, 3.05) is 23.8 Å². The molecule has 8 nitrogen and oxygen atoms in total. The SMILES string of the molecule is [2H]C1C([2H])C([2H])(Nc2ncc3nc(Nc4c(F)cc(F)cc4F)n(C4CCOC4)c3n2)C([2H])([2H])C([2H])C1([2H])O. The van der Waals surface area contributed by atoms with Gasteiger partial charge in [0.1, 0.15) is 17.0 Å². The van der Waals surface area contributed by atoms with Gasteiger partial charge in [0, 0.05) is 31.6 Å². The Hall–Kier alpha value is -2.92. The molecule has 1 saturated carbocycles. The van der Waals surface area contributed by atoms with Crippen molar-refractivity contribution in [3.63, 3.8) is 0 Å². The van der Waals surface area contributed by atoms with Crippen molar-refractivity contribution in [1.29, 1.82) is 0 Å². The maximum atomic E-state index is 14.4. The van der Waals surface area contributed by atoms with Gasteiger partial charge in [0.15, 0.2) is 17.3 Å². The molecule has 170 valence electrons. The first kappa shape index (κ1) is 14.3. The molecule has 0 spiro atoms. The van der Waals surface area contributed by atoms with Crippen LogP contribution in [0.2, 0.25) is 0 Å². The van der Waals surface area contributed by atoms with E-state index in [0.717, 1.165) is 0 Å². The highest BCUT2D eigenvalue weighted by atomic mass is 19.1. The summed E-state index contributed by atoms with van der Waals surface area (Å²) in [5.41, 5.74) is -0.457. The van der Waals surface area contributed by atoms with Gasteiger partial charge in [0.2, 0.25) is 11.9 Å². The van der Waals surface area contributed by atoms with Gasteiger partial charge in [-0.3, -0.25) is 4.57 Å². The number of hydrogen-bond donors (Lipinski definition) is 3. The number of nitrogens with one attached hydrogen (secondary N) is 2. The molecule has 11 heteroatoms. The lowest BCUT2D eigenvalue weighted by molar-refractivity contribution is 0.126. The molecule has 6 atom stereocenters. The Balaban J connectivity index is 1.58. The zero-order valence-electron chi connectivity index (χ0n) is 23.4. The third kappa shape index (κ3) is 4.09. The van der Waals surface area contributed by atoms with Crippen molar-refractivity contribution in [2.45, 2.75) is 50.1 Å². The van der Waals surface area contributed by atoms with Crippen LogP contribution < -0.4 is 10.6 Å². The van der Waals surface area contributed by atoms with Crippen LogP contribution in [0.4, 0.5) is 30.8 Å². The molecular formula is C21H23F3N6O2. The third-order valence-corrected chi connectivity index (χ3v) is 4.99. The first-order chi connectivity index (χ1) is 18.2. The molecule has 1 aliphatic heterocycles. The van der Waals surface area contributed by atoms with E-state index in [1.165, 1.54) is 10.8 Å². The molecule has 0 bridgehead atoms. The van der Waals surface area contributed by atoms with Crippen molar-refractivity contribution >= 4 is 28.7 Å². The lowest BCUT2D eigenvalue weighted by Gasteiger charge is -2.26. The number of aliphatic hydroxyl groups is 1. The number of halogens is 3. The Morgan fingerprint density at radius 3 is 2.75 bits per heavy atom. The molecule has 32 heavy (non-hydrogen) atoms. The standard InChI is InChI=1S/C21H23F3N6O2/c22-11-7-15(23)18(16(24)8-11)28-21-27-17-9-25-20(26-12-1-3-14(31)4-2-12)29-19(17)30(21)13-5-6-32-10-13/h7-9,12-14,31H,1-6,10H2,(H,27,28)(H,25,26,29)/i1D,2D2,3D,4D,12D,14D. The zero-order valence-corrected chi connectivity index (χ0v) is 16.4. The van der Waals surface area contributed by atoms with Gasteiger partial charge in [-0.15, -0.1) is 0 Å². The van der Waals surface area contributed by atoms with Crippen molar-refractivity contribution in [3.8, 4) is 0 Å². The van der Waals surface area contributed by atoms with E-state index in [1.54, 1.807) is 0 Å². The predicted octanol–water partition coefficient (Wildman–Crippen LogP) is 3.66. The van der Waals surface area contributed by atoms with Crippen LogP contribution in [0.3, 0.4) is 0 Å². The molecule has 6 unspecified atom stereocenters. The van der Waals surface area contributed by atoms with Gasteiger partial charge in [-0.25, -0.2) is 23.1 Å². The van der Waals surface area contributed by atoms with E-state index in [2.05, 4.69) is 25.6 Å². The number of hydrogen-bond acceptors (Lipinski definition) is 7. The van der Waals surface area contributed by atoms with Crippen molar-refractivity contribution in [3.05, 3.63) is 35.8 Å². The number of rotatable bonds is 5. The summed E-state index contributed by atoms with van der Waals surface area (Å²) in [5.74, 6) is -3.99. The van der Waals surface area contributed by atoms with Crippen LogP contribution in [0.15, 0.2) is 18.3 Å². The normalized spacial score (nSPS) is 39.8. The van der Waals surface area contributed by atoms with Crippen LogP contribution in [0.5, 0.6) is 0 Å². The average Bonchev–Trinajstić information content (AvgIpc) is 3.51. The molecule has 3 heterocycles.